The van der Waals surface area contributed by atoms with Gasteiger partial charge in [-0.25, -0.2) is 14.0 Å². The summed E-state index contributed by atoms with van der Waals surface area (Å²) >= 11 is 0. The second-order valence-corrected chi connectivity index (χ2v) is 6.59. The lowest BCUT2D eigenvalue weighted by Crippen LogP contribution is -2.30. The van der Waals surface area contributed by atoms with Crippen LogP contribution in [0.4, 0.5) is 4.39 Å². The van der Waals surface area contributed by atoms with Crippen LogP contribution in [0.5, 0.6) is 11.5 Å². The zero-order chi connectivity index (χ0) is 20.0. The van der Waals surface area contributed by atoms with Crippen molar-refractivity contribution in [3.8, 4) is 11.5 Å². The molecule has 0 aromatic heterocycles. The number of halogens is 1. The third-order valence-corrected chi connectivity index (χ3v) is 4.60. The number of hydrogen-bond donors (Lipinski definition) is 0. The van der Waals surface area contributed by atoms with Crippen LogP contribution in [0.25, 0.3) is 0 Å². The summed E-state index contributed by atoms with van der Waals surface area (Å²) in [6.07, 6.45) is 5.12. The molecule has 3 rings (SSSR count). The summed E-state index contributed by atoms with van der Waals surface area (Å²) in [6.45, 7) is 3.23. The number of para-hydroxylation sites is 1. The maximum atomic E-state index is 14.2. The molecule has 0 radical (unpaired) electrons. The molecule has 1 fully saturated rings. The van der Waals surface area contributed by atoms with Crippen molar-refractivity contribution in [2.45, 2.75) is 31.3 Å². The van der Waals surface area contributed by atoms with Crippen molar-refractivity contribution in [1.82, 2.24) is 0 Å². The van der Waals surface area contributed by atoms with Crippen LogP contribution in [0, 0.1) is 5.82 Å². The predicted molar refractivity (Wildman–Crippen MR) is 101 cm³/mol. The number of esters is 2. The van der Waals surface area contributed by atoms with Crippen LogP contribution >= 0.6 is 0 Å². The summed E-state index contributed by atoms with van der Waals surface area (Å²) in [5, 5.41) is 0. The van der Waals surface area contributed by atoms with E-state index in [2.05, 4.69) is 6.58 Å². The molecule has 5 nitrogen and oxygen atoms in total. The molecule has 0 spiro atoms. The molecule has 0 saturated heterocycles. The van der Waals surface area contributed by atoms with Crippen molar-refractivity contribution in [3.63, 3.8) is 0 Å². The van der Waals surface area contributed by atoms with Gasteiger partial charge in [-0.2, -0.15) is 0 Å². The van der Waals surface area contributed by atoms with E-state index in [1.54, 1.807) is 36.4 Å². The van der Waals surface area contributed by atoms with Gasteiger partial charge in [0.25, 0.3) is 0 Å². The molecule has 1 aliphatic carbocycles. The van der Waals surface area contributed by atoms with Gasteiger partial charge >= 0.3 is 11.9 Å². The molecule has 1 aliphatic rings. The summed E-state index contributed by atoms with van der Waals surface area (Å²) in [4.78, 5) is 24.0. The predicted octanol–water partition coefficient (Wildman–Crippen LogP) is 4.47. The first-order valence-corrected chi connectivity index (χ1v) is 9.06. The van der Waals surface area contributed by atoms with Gasteiger partial charge in [-0.05, 0) is 62.1 Å². The monoisotopic (exact) mass is 384 g/mol. The number of hydrogen-bond acceptors (Lipinski definition) is 5. The van der Waals surface area contributed by atoms with E-state index in [9.17, 15) is 14.0 Å². The van der Waals surface area contributed by atoms with Crippen molar-refractivity contribution in [3.05, 3.63) is 72.6 Å². The average molecular weight is 384 g/mol. The third-order valence-electron chi connectivity index (χ3n) is 4.60. The molecule has 0 atom stereocenters. The van der Waals surface area contributed by atoms with Crippen molar-refractivity contribution < 1.29 is 28.2 Å². The Hall–Kier alpha value is -3.15. The van der Waals surface area contributed by atoms with E-state index in [-0.39, 0.29) is 11.3 Å². The van der Waals surface area contributed by atoms with Crippen molar-refractivity contribution >= 4 is 11.9 Å². The Morgan fingerprint density at radius 3 is 2.50 bits per heavy atom. The Morgan fingerprint density at radius 2 is 1.82 bits per heavy atom. The van der Waals surface area contributed by atoms with E-state index in [4.69, 9.17) is 14.2 Å². The van der Waals surface area contributed by atoms with Crippen LogP contribution in [-0.4, -0.2) is 24.1 Å². The molecule has 0 aliphatic heterocycles. The lowest BCUT2D eigenvalue weighted by molar-refractivity contribution is -0.137. The highest BCUT2D eigenvalue weighted by Crippen LogP contribution is 2.36. The fraction of sp³-hybridized carbons (Fsp3) is 0.273. The molecule has 1 saturated carbocycles. The quantitative estimate of drug-likeness (QED) is 0.401. The van der Waals surface area contributed by atoms with Crippen LogP contribution in [0.2, 0.25) is 0 Å². The fourth-order valence-electron chi connectivity index (χ4n) is 3.11. The van der Waals surface area contributed by atoms with Gasteiger partial charge in [0.15, 0.2) is 18.2 Å². The molecule has 0 heterocycles. The maximum absolute atomic E-state index is 14.2. The summed E-state index contributed by atoms with van der Waals surface area (Å²) in [6, 6.07) is 12.1. The van der Waals surface area contributed by atoms with Crippen LogP contribution in [0.3, 0.4) is 0 Å². The van der Waals surface area contributed by atoms with Gasteiger partial charge in [0.2, 0.25) is 0 Å². The number of rotatable bonds is 7. The zero-order valence-electron chi connectivity index (χ0n) is 15.4. The third kappa shape index (κ3) is 4.76. The molecule has 6 heteroatoms. The van der Waals surface area contributed by atoms with Crippen molar-refractivity contribution in [1.29, 1.82) is 0 Å². The number of benzene rings is 2. The summed E-state index contributed by atoms with van der Waals surface area (Å²) in [5.41, 5.74) is -0.538. The molecule has 0 amide bonds. The van der Waals surface area contributed by atoms with E-state index in [1.807, 2.05) is 0 Å². The van der Waals surface area contributed by atoms with Gasteiger partial charge in [-0.1, -0.05) is 24.8 Å². The first-order valence-electron chi connectivity index (χ1n) is 9.06. The molecule has 146 valence electrons. The van der Waals surface area contributed by atoms with Gasteiger partial charge in [0.1, 0.15) is 11.4 Å². The standard InChI is InChI=1S/C22H21FO5/c1-2-22(12-6-7-13-22)28-19-14-16(10-11-18(19)23)21(25)26-15-20(24)27-17-8-4-3-5-9-17/h2-5,8-11,14H,1,6-7,12-13,15H2. The Kier molecular flexibility index (Phi) is 6.09. The summed E-state index contributed by atoms with van der Waals surface area (Å²) < 4.78 is 30.0. The Bertz CT molecular complexity index is 856. The number of carbonyl (C=O) groups excluding carboxylic acids is 2. The van der Waals surface area contributed by atoms with Crippen LogP contribution in [0.1, 0.15) is 36.0 Å². The molecule has 2 aromatic carbocycles. The Morgan fingerprint density at radius 1 is 1.11 bits per heavy atom. The van der Waals surface area contributed by atoms with Gasteiger partial charge in [-0.15, -0.1) is 0 Å². The molecular weight excluding hydrogens is 363 g/mol. The lowest BCUT2D eigenvalue weighted by atomic mass is 10.0. The highest BCUT2D eigenvalue weighted by atomic mass is 19.1. The number of ether oxygens (including phenoxy) is 3. The minimum Gasteiger partial charge on any atom is -0.480 e. The average Bonchev–Trinajstić information content (AvgIpc) is 3.17. The first-order chi connectivity index (χ1) is 13.5. The Labute approximate surface area is 162 Å². The summed E-state index contributed by atoms with van der Waals surface area (Å²) in [5.74, 6) is -1.74. The summed E-state index contributed by atoms with van der Waals surface area (Å²) in [7, 11) is 0. The van der Waals surface area contributed by atoms with E-state index in [1.165, 1.54) is 12.1 Å². The van der Waals surface area contributed by atoms with Gasteiger partial charge in [0.05, 0.1) is 5.56 Å². The minimum absolute atomic E-state index is 0.0388. The van der Waals surface area contributed by atoms with E-state index < -0.39 is 30.0 Å². The zero-order valence-corrected chi connectivity index (χ0v) is 15.4. The maximum Gasteiger partial charge on any atom is 0.349 e. The van der Waals surface area contributed by atoms with Crippen molar-refractivity contribution in [2.24, 2.45) is 0 Å². The topological polar surface area (TPSA) is 61.8 Å². The lowest BCUT2D eigenvalue weighted by Gasteiger charge is -2.27. The highest BCUT2D eigenvalue weighted by molar-refractivity contribution is 5.91. The first kappa shape index (κ1) is 19.6. The molecule has 0 unspecified atom stereocenters. The van der Waals surface area contributed by atoms with E-state index in [0.717, 1.165) is 31.7 Å². The van der Waals surface area contributed by atoms with E-state index in [0.29, 0.717) is 5.75 Å². The normalized spacial score (nSPS) is 14.9. The highest BCUT2D eigenvalue weighted by Gasteiger charge is 2.33. The van der Waals surface area contributed by atoms with Crippen molar-refractivity contribution in [2.75, 3.05) is 6.61 Å². The van der Waals surface area contributed by atoms with Crippen LogP contribution in [-0.2, 0) is 9.53 Å². The fourth-order valence-corrected chi connectivity index (χ4v) is 3.11. The minimum atomic E-state index is -0.770. The van der Waals surface area contributed by atoms with Gasteiger partial charge in [-0.3, -0.25) is 0 Å². The smallest absolute Gasteiger partial charge is 0.349 e. The molecule has 0 N–H and O–H groups in total. The van der Waals surface area contributed by atoms with Gasteiger partial charge < -0.3 is 14.2 Å². The largest absolute Gasteiger partial charge is 0.480 e. The number of carbonyl (C=O) groups is 2. The molecule has 2 aromatic rings. The Balaban J connectivity index is 1.62. The molecular formula is C22H21FO5. The van der Waals surface area contributed by atoms with E-state index >= 15 is 0 Å². The molecule has 28 heavy (non-hydrogen) atoms. The van der Waals surface area contributed by atoms with Gasteiger partial charge in [0, 0.05) is 0 Å². The molecule has 0 bridgehead atoms. The second-order valence-electron chi connectivity index (χ2n) is 6.59. The van der Waals surface area contributed by atoms with Crippen LogP contribution in [0.15, 0.2) is 61.2 Å². The SMILES string of the molecule is C=CC1(Oc2cc(C(=O)OCC(=O)Oc3ccccc3)ccc2F)CCCC1. The van der Waals surface area contributed by atoms with Crippen LogP contribution < -0.4 is 9.47 Å². The second kappa shape index (κ2) is 8.69.